The van der Waals surface area contributed by atoms with Crippen LogP contribution in [-0.4, -0.2) is 19.7 Å². The summed E-state index contributed by atoms with van der Waals surface area (Å²) in [4.78, 5) is 8.54. The molecule has 24 heavy (non-hydrogen) atoms. The van der Waals surface area contributed by atoms with E-state index in [4.69, 9.17) is 0 Å². The minimum absolute atomic E-state index is 0.0222. The number of fused-ring (bicyclic) bond motifs is 1. The molecule has 0 aromatic carbocycles. The smallest absolute Gasteiger partial charge is 0.265 e. The maximum absolute atomic E-state index is 12.7. The lowest BCUT2D eigenvalue weighted by molar-refractivity contribution is -0.212. The molecule has 4 heterocycles. The zero-order chi connectivity index (χ0) is 16.7. The predicted octanol–water partition coefficient (Wildman–Crippen LogP) is 4.70. The fourth-order valence-electron chi connectivity index (χ4n) is 2.40. The lowest BCUT2D eigenvalue weighted by atomic mass is 10.1. The molecule has 0 fully saturated rings. The molecule has 4 rings (SSSR count). The molecule has 4 nitrogen and oxygen atoms in total. The van der Waals surface area contributed by atoms with E-state index in [1.54, 1.807) is 18.5 Å². The minimum atomic E-state index is -4.53. The van der Waals surface area contributed by atoms with Crippen LogP contribution in [0.1, 0.15) is 0 Å². The first-order valence-electron chi connectivity index (χ1n) is 6.93. The van der Waals surface area contributed by atoms with Crippen LogP contribution in [0, 0.1) is 0 Å². The highest BCUT2D eigenvalue weighted by Gasteiger charge is 2.31. The second-order valence-electron chi connectivity index (χ2n) is 5.07. The summed E-state index contributed by atoms with van der Waals surface area (Å²) in [5.41, 5.74) is 3.42. The Bertz CT molecular complexity index is 1010. The third kappa shape index (κ3) is 2.54. The number of nitrogens with zero attached hydrogens (tertiary/aromatic N) is 4. The zero-order valence-corrected chi connectivity index (χ0v) is 12.8. The zero-order valence-electron chi connectivity index (χ0n) is 12.0. The van der Waals surface area contributed by atoms with E-state index in [-0.39, 0.29) is 4.68 Å². The van der Waals surface area contributed by atoms with E-state index in [0.717, 1.165) is 27.5 Å². The molecule has 4 aromatic heterocycles. The Morgan fingerprint density at radius 1 is 1.00 bits per heavy atom. The van der Waals surface area contributed by atoms with Gasteiger partial charge in [0.25, 0.3) is 0 Å². The van der Waals surface area contributed by atoms with Crippen molar-refractivity contribution in [3.63, 3.8) is 0 Å². The molecule has 0 aliphatic rings. The second kappa shape index (κ2) is 5.41. The molecule has 0 spiro atoms. The first-order valence-corrected chi connectivity index (χ1v) is 7.81. The third-order valence-electron chi connectivity index (χ3n) is 3.55. The summed E-state index contributed by atoms with van der Waals surface area (Å²) < 4.78 is 39.0. The molecule has 0 amide bonds. The number of halogens is 3. The van der Waals surface area contributed by atoms with Gasteiger partial charge in [-0.25, -0.2) is 4.98 Å². The molecule has 0 N–H and O–H groups in total. The van der Waals surface area contributed by atoms with E-state index in [2.05, 4.69) is 15.1 Å². The normalized spacial score (nSPS) is 12.0. The van der Waals surface area contributed by atoms with Crippen molar-refractivity contribution in [3.8, 4) is 22.4 Å². The topological polar surface area (TPSA) is 43.6 Å². The Labute approximate surface area is 138 Å². The second-order valence-corrected chi connectivity index (χ2v) is 5.98. The van der Waals surface area contributed by atoms with Gasteiger partial charge in [-0.15, -0.1) is 24.5 Å². The van der Waals surface area contributed by atoms with Crippen LogP contribution in [0.15, 0.2) is 54.4 Å². The molecule has 0 saturated heterocycles. The van der Waals surface area contributed by atoms with Crippen molar-refractivity contribution in [3.05, 3.63) is 54.4 Å². The van der Waals surface area contributed by atoms with Gasteiger partial charge in [0.05, 0.1) is 22.1 Å². The number of aromatic nitrogens is 4. The summed E-state index contributed by atoms with van der Waals surface area (Å²) >= 11 is 1.54. The molecule has 4 aromatic rings. The first-order chi connectivity index (χ1) is 11.5. The van der Waals surface area contributed by atoms with Crippen LogP contribution in [0.4, 0.5) is 13.2 Å². The highest BCUT2D eigenvalue weighted by Crippen LogP contribution is 2.34. The molecule has 0 unspecified atom stereocenters. The van der Waals surface area contributed by atoms with Gasteiger partial charge in [-0.1, -0.05) is 0 Å². The van der Waals surface area contributed by atoms with Crippen molar-refractivity contribution < 1.29 is 13.2 Å². The monoisotopic (exact) mass is 346 g/mol. The molecule has 0 saturated carbocycles. The Balaban J connectivity index is 1.82. The molecular formula is C16H9F3N4S. The van der Waals surface area contributed by atoms with E-state index >= 15 is 0 Å². The molecule has 120 valence electrons. The van der Waals surface area contributed by atoms with Gasteiger partial charge in [0.2, 0.25) is 0 Å². The van der Waals surface area contributed by atoms with Gasteiger partial charge in [-0.2, -0.15) is 9.78 Å². The highest BCUT2D eigenvalue weighted by molar-refractivity contribution is 7.17. The van der Waals surface area contributed by atoms with Crippen LogP contribution < -0.4 is 0 Å². The van der Waals surface area contributed by atoms with Gasteiger partial charge in [-0.05, 0) is 29.8 Å². The van der Waals surface area contributed by atoms with Crippen molar-refractivity contribution in [1.82, 2.24) is 19.7 Å². The van der Waals surface area contributed by atoms with Gasteiger partial charge >= 0.3 is 6.30 Å². The average Bonchev–Trinajstić information content (AvgIpc) is 3.22. The minimum Gasteiger partial charge on any atom is -0.265 e. The highest BCUT2D eigenvalue weighted by atomic mass is 32.1. The number of pyridine rings is 2. The van der Waals surface area contributed by atoms with Gasteiger partial charge in [0.15, 0.2) is 0 Å². The molecule has 0 radical (unpaired) electrons. The fourth-order valence-corrected chi connectivity index (χ4v) is 3.31. The van der Waals surface area contributed by atoms with Crippen molar-refractivity contribution >= 4 is 21.6 Å². The van der Waals surface area contributed by atoms with Gasteiger partial charge in [-0.3, -0.25) is 4.98 Å². The SMILES string of the molecule is FC(F)(F)n1cc(-c2ccc3scc(-c4ccncc4)c3n2)cn1. The van der Waals surface area contributed by atoms with Crippen LogP contribution in [-0.2, 0) is 6.30 Å². The van der Waals surface area contributed by atoms with Gasteiger partial charge in [0.1, 0.15) is 0 Å². The van der Waals surface area contributed by atoms with Crippen molar-refractivity contribution in [2.24, 2.45) is 0 Å². The quantitative estimate of drug-likeness (QED) is 0.528. The summed E-state index contributed by atoms with van der Waals surface area (Å²) in [6.45, 7) is 0. The Morgan fingerprint density at radius 3 is 2.50 bits per heavy atom. The number of thiophene rings is 1. The molecular weight excluding hydrogens is 337 g/mol. The van der Waals surface area contributed by atoms with Crippen LogP contribution in [0.2, 0.25) is 0 Å². The maximum Gasteiger partial charge on any atom is 0.504 e. The maximum atomic E-state index is 12.7. The molecule has 0 atom stereocenters. The number of hydrogen-bond donors (Lipinski definition) is 0. The largest absolute Gasteiger partial charge is 0.504 e. The standard InChI is InChI=1S/C16H9F3N4S/c17-16(18,19)23-8-11(7-21-23)13-1-2-14-15(22-13)12(9-24-14)10-3-5-20-6-4-10/h1-9H. The van der Waals surface area contributed by atoms with Crippen LogP contribution in [0.25, 0.3) is 32.6 Å². The molecule has 8 heteroatoms. The Morgan fingerprint density at radius 2 is 1.79 bits per heavy atom. The average molecular weight is 346 g/mol. The molecule has 0 aliphatic heterocycles. The number of rotatable bonds is 2. The van der Waals surface area contributed by atoms with E-state index < -0.39 is 6.30 Å². The van der Waals surface area contributed by atoms with Crippen LogP contribution in [0.5, 0.6) is 0 Å². The van der Waals surface area contributed by atoms with E-state index in [1.165, 1.54) is 17.5 Å². The summed E-state index contributed by atoms with van der Waals surface area (Å²) in [6, 6.07) is 7.31. The van der Waals surface area contributed by atoms with E-state index in [0.29, 0.717) is 11.3 Å². The first kappa shape index (κ1) is 14.8. The number of alkyl halides is 3. The van der Waals surface area contributed by atoms with Crippen molar-refractivity contribution in [2.45, 2.75) is 6.30 Å². The molecule has 0 aliphatic carbocycles. The Hall–Kier alpha value is -2.74. The summed E-state index contributed by atoms with van der Waals surface area (Å²) in [5.74, 6) is 0. The van der Waals surface area contributed by atoms with Crippen LogP contribution in [0.3, 0.4) is 0 Å². The summed E-state index contributed by atoms with van der Waals surface area (Å²) in [5, 5.41) is 5.34. The lowest BCUT2D eigenvalue weighted by Gasteiger charge is -2.04. The van der Waals surface area contributed by atoms with Gasteiger partial charge < -0.3 is 0 Å². The van der Waals surface area contributed by atoms with E-state index in [1.807, 2.05) is 23.6 Å². The summed E-state index contributed by atoms with van der Waals surface area (Å²) in [6.07, 6.45) is 0.950. The fraction of sp³-hybridized carbons (Fsp3) is 0.0625. The third-order valence-corrected chi connectivity index (χ3v) is 4.48. The van der Waals surface area contributed by atoms with Crippen LogP contribution >= 0.6 is 11.3 Å². The Kier molecular flexibility index (Phi) is 3.34. The van der Waals surface area contributed by atoms with Crippen molar-refractivity contribution in [1.29, 1.82) is 0 Å². The summed E-state index contributed by atoms with van der Waals surface area (Å²) in [7, 11) is 0. The van der Waals surface area contributed by atoms with Crippen molar-refractivity contribution in [2.75, 3.05) is 0 Å². The van der Waals surface area contributed by atoms with Gasteiger partial charge in [0, 0.05) is 35.1 Å². The molecule has 0 bridgehead atoms. The van der Waals surface area contributed by atoms with E-state index in [9.17, 15) is 13.2 Å². The lowest BCUT2D eigenvalue weighted by Crippen LogP contribution is -2.16. The predicted molar refractivity (Wildman–Crippen MR) is 85.4 cm³/mol. The number of hydrogen-bond acceptors (Lipinski definition) is 4.